The standard InChI is InChI=1S/C22H20N4O3S/c23-14-22(8-9-22)26-20(28)12-24-19(27)11-21-25-17-10-16(6-7-18(17)30-21)29-13-15-4-2-1-3-5-15/h1-7,10H,8-9,11-13H2,(H,24,27)(H,26,28). The maximum absolute atomic E-state index is 12.2. The predicted octanol–water partition coefficient (Wildman–Crippen LogP) is 2.71. The molecule has 0 unspecified atom stereocenters. The fourth-order valence-electron chi connectivity index (χ4n) is 2.94. The van der Waals surface area contributed by atoms with Crippen LogP contribution >= 0.6 is 11.3 Å². The first-order valence-corrected chi connectivity index (χ1v) is 10.4. The van der Waals surface area contributed by atoms with Crippen molar-refractivity contribution in [1.82, 2.24) is 15.6 Å². The number of nitriles is 1. The zero-order chi connectivity index (χ0) is 21.0. The van der Waals surface area contributed by atoms with Gasteiger partial charge in [-0.3, -0.25) is 9.59 Å². The summed E-state index contributed by atoms with van der Waals surface area (Å²) in [5.41, 5.74) is 1.13. The Morgan fingerprint density at radius 1 is 1.17 bits per heavy atom. The lowest BCUT2D eigenvalue weighted by Crippen LogP contribution is -2.43. The summed E-state index contributed by atoms with van der Waals surface area (Å²) in [5.74, 6) is 0.0780. The molecular weight excluding hydrogens is 400 g/mol. The maximum Gasteiger partial charge on any atom is 0.240 e. The first-order chi connectivity index (χ1) is 14.5. The van der Waals surface area contributed by atoms with Crippen molar-refractivity contribution in [3.8, 4) is 11.8 Å². The van der Waals surface area contributed by atoms with Gasteiger partial charge in [-0.25, -0.2) is 4.98 Å². The van der Waals surface area contributed by atoms with Gasteiger partial charge in [-0.15, -0.1) is 11.3 Å². The lowest BCUT2D eigenvalue weighted by molar-refractivity contribution is -0.126. The van der Waals surface area contributed by atoms with Crippen molar-refractivity contribution >= 4 is 33.4 Å². The molecule has 1 saturated carbocycles. The minimum atomic E-state index is -0.727. The van der Waals surface area contributed by atoms with Crippen molar-refractivity contribution < 1.29 is 14.3 Å². The molecule has 7 nitrogen and oxygen atoms in total. The number of rotatable bonds is 8. The van der Waals surface area contributed by atoms with Gasteiger partial charge in [0.25, 0.3) is 0 Å². The minimum absolute atomic E-state index is 0.0935. The molecule has 30 heavy (non-hydrogen) atoms. The number of fused-ring (bicyclic) bond motifs is 1. The summed E-state index contributed by atoms with van der Waals surface area (Å²) in [4.78, 5) is 28.5. The third-order valence-electron chi connectivity index (χ3n) is 4.75. The summed E-state index contributed by atoms with van der Waals surface area (Å²) in [7, 11) is 0. The minimum Gasteiger partial charge on any atom is -0.489 e. The Kier molecular flexibility index (Phi) is 5.63. The number of nitrogens with one attached hydrogen (secondary N) is 2. The van der Waals surface area contributed by atoms with Gasteiger partial charge in [0.15, 0.2) is 0 Å². The molecule has 0 spiro atoms. The Balaban J connectivity index is 1.30. The molecule has 0 radical (unpaired) electrons. The highest BCUT2D eigenvalue weighted by atomic mass is 32.1. The van der Waals surface area contributed by atoms with Crippen LogP contribution in [0.25, 0.3) is 10.2 Å². The summed E-state index contributed by atoms with van der Waals surface area (Å²) in [5, 5.41) is 14.9. The van der Waals surface area contributed by atoms with Crippen LogP contribution in [0.1, 0.15) is 23.4 Å². The van der Waals surface area contributed by atoms with E-state index in [0.29, 0.717) is 24.5 Å². The molecule has 1 heterocycles. The van der Waals surface area contributed by atoms with E-state index in [1.807, 2.05) is 48.5 Å². The highest BCUT2D eigenvalue weighted by molar-refractivity contribution is 7.18. The largest absolute Gasteiger partial charge is 0.489 e. The van der Waals surface area contributed by atoms with E-state index in [9.17, 15) is 9.59 Å². The molecule has 1 fully saturated rings. The predicted molar refractivity (Wildman–Crippen MR) is 113 cm³/mol. The highest BCUT2D eigenvalue weighted by Gasteiger charge is 2.44. The number of benzene rings is 2. The van der Waals surface area contributed by atoms with Crippen LogP contribution in [0.15, 0.2) is 48.5 Å². The molecule has 3 aromatic rings. The molecule has 8 heteroatoms. The third kappa shape index (κ3) is 4.93. The first kappa shape index (κ1) is 19.9. The van der Waals surface area contributed by atoms with Gasteiger partial charge in [-0.05, 0) is 30.5 Å². The summed E-state index contributed by atoms with van der Waals surface area (Å²) in [6.07, 6.45) is 1.41. The van der Waals surface area contributed by atoms with E-state index in [4.69, 9.17) is 10.00 Å². The van der Waals surface area contributed by atoms with E-state index < -0.39 is 5.54 Å². The van der Waals surface area contributed by atoms with Gasteiger partial charge in [0.1, 0.15) is 22.9 Å². The SMILES string of the molecule is N#CC1(NC(=O)CNC(=O)Cc2nc3cc(OCc4ccccc4)ccc3s2)CC1. The van der Waals surface area contributed by atoms with Crippen LogP contribution in [0, 0.1) is 11.3 Å². The molecule has 0 bridgehead atoms. The molecule has 1 aliphatic rings. The van der Waals surface area contributed by atoms with E-state index >= 15 is 0 Å². The van der Waals surface area contributed by atoms with E-state index in [0.717, 1.165) is 21.5 Å². The van der Waals surface area contributed by atoms with Crippen LogP contribution in [0.2, 0.25) is 0 Å². The Morgan fingerprint density at radius 2 is 1.97 bits per heavy atom. The summed E-state index contributed by atoms with van der Waals surface area (Å²) >= 11 is 1.44. The molecule has 0 saturated heterocycles. The Bertz CT molecular complexity index is 1120. The number of ether oxygens (including phenoxy) is 1. The van der Waals surface area contributed by atoms with Crippen molar-refractivity contribution in [2.75, 3.05) is 6.54 Å². The third-order valence-corrected chi connectivity index (χ3v) is 5.79. The van der Waals surface area contributed by atoms with Crippen LogP contribution < -0.4 is 15.4 Å². The van der Waals surface area contributed by atoms with Gasteiger partial charge in [-0.2, -0.15) is 5.26 Å². The van der Waals surface area contributed by atoms with Crippen LogP contribution in [0.3, 0.4) is 0 Å². The quantitative estimate of drug-likeness (QED) is 0.583. The number of hydrogen-bond donors (Lipinski definition) is 2. The van der Waals surface area contributed by atoms with E-state index in [1.54, 1.807) is 0 Å². The van der Waals surface area contributed by atoms with Crippen LogP contribution in [-0.4, -0.2) is 28.9 Å². The van der Waals surface area contributed by atoms with Crippen molar-refractivity contribution in [3.63, 3.8) is 0 Å². The normalized spacial score (nSPS) is 14.0. The van der Waals surface area contributed by atoms with Gasteiger partial charge in [0.2, 0.25) is 11.8 Å². The van der Waals surface area contributed by atoms with Gasteiger partial charge in [0.05, 0.1) is 29.3 Å². The van der Waals surface area contributed by atoms with E-state index in [2.05, 4.69) is 21.7 Å². The molecule has 152 valence electrons. The number of carbonyl (C=O) groups is 2. The van der Waals surface area contributed by atoms with Gasteiger partial charge < -0.3 is 15.4 Å². The molecule has 4 rings (SSSR count). The van der Waals surface area contributed by atoms with Gasteiger partial charge in [0, 0.05) is 6.07 Å². The summed E-state index contributed by atoms with van der Waals surface area (Å²) in [6, 6.07) is 17.7. The monoisotopic (exact) mass is 420 g/mol. The van der Waals surface area contributed by atoms with Gasteiger partial charge in [-0.1, -0.05) is 30.3 Å². The average molecular weight is 420 g/mol. The number of amides is 2. The molecule has 0 aliphatic heterocycles. The lowest BCUT2D eigenvalue weighted by atomic mass is 10.2. The van der Waals surface area contributed by atoms with Gasteiger partial charge >= 0.3 is 0 Å². The lowest BCUT2D eigenvalue weighted by Gasteiger charge is -2.09. The Labute approximate surface area is 177 Å². The second-order valence-corrected chi connectivity index (χ2v) is 8.32. The molecule has 0 atom stereocenters. The highest BCUT2D eigenvalue weighted by Crippen LogP contribution is 2.34. The van der Waals surface area contributed by atoms with Crippen molar-refractivity contribution in [2.24, 2.45) is 0 Å². The first-order valence-electron chi connectivity index (χ1n) is 9.60. The summed E-state index contributed by atoms with van der Waals surface area (Å²) in [6.45, 7) is 0.325. The second-order valence-electron chi connectivity index (χ2n) is 7.21. The van der Waals surface area contributed by atoms with Crippen LogP contribution in [0.4, 0.5) is 0 Å². The molecule has 2 amide bonds. The molecule has 2 N–H and O–H groups in total. The number of aromatic nitrogens is 1. The van der Waals surface area contributed by atoms with Crippen molar-refractivity contribution in [1.29, 1.82) is 5.26 Å². The zero-order valence-electron chi connectivity index (χ0n) is 16.2. The fourth-order valence-corrected chi connectivity index (χ4v) is 3.89. The molecule has 2 aromatic carbocycles. The number of carbonyl (C=O) groups excluding carboxylic acids is 2. The number of nitrogens with zero attached hydrogens (tertiary/aromatic N) is 2. The Hall–Kier alpha value is -3.44. The molecule has 1 aromatic heterocycles. The maximum atomic E-state index is 12.2. The van der Waals surface area contributed by atoms with Crippen LogP contribution in [-0.2, 0) is 22.6 Å². The van der Waals surface area contributed by atoms with E-state index in [-0.39, 0.29) is 24.8 Å². The molecular formula is C22H20N4O3S. The average Bonchev–Trinajstić information content (AvgIpc) is 3.41. The zero-order valence-corrected chi connectivity index (χ0v) is 17.0. The fraction of sp³-hybridized carbons (Fsp3) is 0.273. The number of hydrogen-bond acceptors (Lipinski definition) is 6. The molecule has 1 aliphatic carbocycles. The van der Waals surface area contributed by atoms with Crippen molar-refractivity contribution in [3.05, 3.63) is 59.1 Å². The van der Waals surface area contributed by atoms with Crippen molar-refractivity contribution in [2.45, 2.75) is 31.4 Å². The number of thiazole rings is 1. The smallest absolute Gasteiger partial charge is 0.240 e. The second kappa shape index (κ2) is 8.51. The summed E-state index contributed by atoms with van der Waals surface area (Å²) < 4.78 is 6.79. The topological polar surface area (TPSA) is 104 Å². The van der Waals surface area contributed by atoms with Crippen LogP contribution in [0.5, 0.6) is 5.75 Å². The Morgan fingerprint density at radius 3 is 2.70 bits per heavy atom. The van der Waals surface area contributed by atoms with E-state index in [1.165, 1.54) is 11.3 Å².